The lowest BCUT2D eigenvalue weighted by atomic mass is 10.0. The van der Waals surface area contributed by atoms with Crippen LogP contribution in [0.5, 0.6) is 0 Å². The third-order valence-electron chi connectivity index (χ3n) is 5.65. The van der Waals surface area contributed by atoms with Gasteiger partial charge >= 0.3 is 6.30 Å². The Bertz CT molecular complexity index is 1280. The average Bonchev–Trinajstić information content (AvgIpc) is 2.83. The number of halogens is 3. The summed E-state index contributed by atoms with van der Waals surface area (Å²) in [5.41, 5.74) is 1.43. The molecule has 1 atom stereocenters. The van der Waals surface area contributed by atoms with Gasteiger partial charge in [0.2, 0.25) is 0 Å². The van der Waals surface area contributed by atoms with Crippen molar-refractivity contribution >= 4 is 22.1 Å². The smallest absolute Gasteiger partial charge is 0.378 e. The molecular weight excluding hydrogens is 495 g/mol. The van der Waals surface area contributed by atoms with Crippen molar-refractivity contribution in [2.24, 2.45) is 0 Å². The third kappa shape index (κ3) is 6.80. The van der Waals surface area contributed by atoms with Gasteiger partial charge in [0.25, 0.3) is 0 Å². The Morgan fingerprint density at radius 3 is 2.00 bits per heavy atom. The molecule has 9 heteroatoms. The number of alkyl halides is 3. The van der Waals surface area contributed by atoms with Crippen LogP contribution in [0.25, 0.3) is 22.3 Å². The summed E-state index contributed by atoms with van der Waals surface area (Å²) >= 11 is 5.55. The van der Waals surface area contributed by atoms with Crippen LogP contribution in [0.2, 0.25) is 0 Å². The maximum atomic E-state index is 13.6. The first-order valence-corrected chi connectivity index (χ1v) is 13.5. The summed E-state index contributed by atoms with van der Waals surface area (Å²) in [4.78, 5) is 0.113. The topological polar surface area (TPSA) is 48.3 Å². The summed E-state index contributed by atoms with van der Waals surface area (Å²) in [7, 11) is -3.57. The second kappa shape index (κ2) is 11.5. The normalized spacial score (nSPS) is 13.1. The number of sulfone groups is 1. The highest BCUT2D eigenvalue weighted by Gasteiger charge is 2.30. The van der Waals surface area contributed by atoms with Crippen molar-refractivity contribution in [2.45, 2.75) is 50.4 Å². The van der Waals surface area contributed by atoms with E-state index >= 15 is 0 Å². The molecule has 0 saturated heterocycles. The first kappa shape index (κ1) is 27.1. The zero-order chi connectivity index (χ0) is 25.6. The van der Waals surface area contributed by atoms with E-state index in [0.717, 1.165) is 25.2 Å². The van der Waals surface area contributed by atoms with E-state index in [4.69, 9.17) is 17.0 Å². The number of ether oxygens (including phenoxy) is 1. The third-order valence-corrected chi connectivity index (χ3v) is 7.85. The first-order chi connectivity index (χ1) is 16.6. The van der Waals surface area contributed by atoms with Crippen LogP contribution in [0, 0.1) is 4.51 Å². The molecule has 35 heavy (non-hydrogen) atoms. The number of hydrogen-bond acceptors (Lipinski definition) is 4. The van der Waals surface area contributed by atoms with Crippen LogP contribution in [0.1, 0.15) is 33.1 Å². The number of hydrogen-bond donors (Lipinski definition) is 0. The summed E-state index contributed by atoms with van der Waals surface area (Å²) < 4.78 is 72.7. The molecule has 0 N–H and O–H groups in total. The second-order valence-corrected chi connectivity index (χ2v) is 10.7. The molecule has 0 spiro atoms. The molecule has 188 valence electrons. The summed E-state index contributed by atoms with van der Waals surface area (Å²) in [6.07, 6.45) is -0.794. The predicted octanol–water partition coefficient (Wildman–Crippen LogP) is 7.40. The molecule has 0 saturated carbocycles. The summed E-state index contributed by atoms with van der Waals surface area (Å²) in [6, 6.07) is 14.4. The van der Waals surface area contributed by atoms with Crippen LogP contribution in [0.4, 0.5) is 13.2 Å². The maximum absolute atomic E-state index is 13.6. The van der Waals surface area contributed by atoms with Crippen molar-refractivity contribution in [3.63, 3.8) is 0 Å². The molecule has 4 nitrogen and oxygen atoms in total. The molecule has 1 heterocycles. The van der Waals surface area contributed by atoms with Crippen molar-refractivity contribution in [3.8, 4) is 22.3 Å². The molecule has 0 aliphatic rings. The number of aromatic nitrogens is 1. The van der Waals surface area contributed by atoms with Gasteiger partial charge in [-0.05, 0) is 43.0 Å². The molecule has 3 rings (SSSR count). The van der Waals surface area contributed by atoms with E-state index in [-0.39, 0.29) is 37.0 Å². The quantitative estimate of drug-likeness (QED) is 0.260. The van der Waals surface area contributed by atoms with Gasteiger partial charge in [0, 0.05) is 30.1 Å². The Labute approximate surface area is 209 Å². The van der Waals surface area contributed by atoms with Crippen LogP contribution < -0.4 is 0 Å². The molecule has 1 aromatic heterocycles. The summed E-state index contributed by atoms with van der Waals surface area (Å²) in [6.45, 7) is 4.41. The molecule has 2 aromatic carbocycles. The highest BCUT2D eigenvalue weighted by Crippen LogP contribution is 2.33. The zero-order valence-corrected chi connectivity index (χ0v) is 21.2. The van der Waals surface area contributed by atoms with Crippen LogP contribution in [0.3, 0.4) is 0 Å². The Morgan fingerprint density at radius 2 is 1.49 bits per heavy atom. The van der Waals surface area contributed by atoms with Gasteiger partial charge in [0.05, 0.1) is 21.3 Å². The van der Waals surface area contributed by atoms with Gasteiger partial charge < -0.3 is 4.74 Å². The Kier molecular flexibility index (Phi) is 8.90. The number of nitrogens with zero attached hydrogens (tertiary/aromatic N) is 1. The maximum Gasteiger partial charge on any atom is 0.488 e. The van der Waals surface area contributed by atoms with Gasteiger partial charge in [-0.1, -0.05) is 68.0 Å². The fourth-order valence-electron chi connectivity index (χ4n) is 3.87. The zero-order valence-electron chi connectivity index (χ0n) is 19.6. The highest BCUT2D eigenvalue weighted by atomic mass is 32.2. The van der Waals surface area contributed by atoms with E-state index in [1.165, 1.54) is 24.3 Å². The lowest BCUT2D eigenvalue weighted by molar-refractivity contribution is -0.204. The van der Waals surface area contributed by atoms with E-state index < -0.39 is 16.1 Å². The lowest BCUT2D eigenvalue weighted by Crippen LogP contribution is -2.18. The Balaban J connectivity index is 1.96. The molecule has 0 aliphatic carbocycles. The first-order valence-electron chi connectivity index (χ1n) is 11.4. The van der Waals surface area contributed by atoms with Crippen molar-refractivity contribution < 1.29 is 26.3 Å². The molecular formula is C26H28F3NO3S2. The van der Waals surface area contributed by atoms with Gasteiger partial charge in [-0.15, -0.1) is 13.2 Å². The summed E-state index contributed by atoms with van der Waals surface area (Å²) in [5.74, 6) is -0.0686. The van der Waals surface area contributed by atoms with Gasteiger partial charge in [-0.2, -0.15) is 0 Å². The van der Waals surface area contributed by atoms with Crippen LogP contribution in [-0.4, -0.2) is 31.4 Å². The van der Waals surface area contributed by atoms with Gasteiger partial charge in [0.15, 0.2) is 9.84 Å². The van der Waals surface area contributed by atoms with Gasteiger partial charge in [0.1, 0.15) is 0 Å². The second-order valence-electron chi connectivity index (χ2n) is 8.15. The minimum absolute atomic E-state index is 0.0686. The summed E-state index contributed by atoms with van der Waals surface area (Å²) in [5, 5.41) is 0. The van der Waals surface area contributed by atoms with E-state index in [1.54, 1.807) is 30.3 Å². The van der Waals surface area contributed by atoms with Gasteiger partial charge in [-0.3, -0.25) is 4.57 Å². The van der Waals surface area contributed by atoms with Crippen molar-refractivity contribution in [2.75, 3.05) is 12.4 Å². The molecule has 1 unspecified atom stereocenters. The number of rotatable bonds is 10. The minimum Gasteiger partial charge on any atom is -0.378 e. The standard InChI is InChI=1S/C26H28F3NO3S2/c1-3-8-21(33-4-2)15-16-35(31,32)22-13-11-20(12-14-22)24-18-30(26(27,28)29)17-23(25(24)34)19-9-6-5-7-10-19/h5-7,9-14,17-18,21H,3-4,8,15-16H2,1-2H3. The molecule has 3 aromatic rings. The lowest BCUT2D eigenvalue weighted by Gasteiger charge is -2.17. The minimum atomic E-state index is -4.64. The van der Waals surface area contributed by atoms with Crippen LogP contribution >= 0.6 is 12.2 Å². The molecule has 0 amide bonds. The van der Waals surface area contributed by atoms with E-state index in [0.29, 0.717) is 24.2 Å². The Hall–Kier alpha value is -2.49. The Morgan fingerprint density at radius 1 is 0.914 bits per heavy atom. The number of benzene rings is 2. The van der Waals surface area contributed by atoms with E-state index in [1.807, 2.05) is 13.8 Å². The fourth-order valence-corrected chi connectivity index (χ4v) is 5.57. The van der Waals surface area contributed by atoms with Crippen molar-refractivity contribution in [1.82, 2.24) is 4.57 Å². The van der Waals surface area contributed by atoms with E-state index in [2.05, 4.69) is 0 Å². The highest BCUT2D eigenvalue weighted by molar-refractivity contribution is 7.91. The van der Waals surface area contributed by atoms with Crippen molar-refractivity contribution in [3.05, 3.63) is 71.5 Å². The largest absolute Gasteiger partial charge is 0.488 e. The van der Waals surface area contributed by atoms with Crippen LogP contribution in [0.15, 0.2) is 71.9 Å². The molecule has 0 fully saturated rings. The molecule has 0 aliphatic heterocycles. The van der Waals surface area contributed by atoms with Crippen LogP contribution in [-0.2, 0) is 20.9 Å². The molecule has 0 bridgehead atoms. The monoisotopic (exact) mass is 523 g/mol. The average molecular weight is 524 g/mol. The predicted molar refractivity (Wildman–Crippen MR) is 134 cm³/mol. The fraction of sp³-hybridized carbons (Fsp3) is 0.346. The van der Waals surface area contributed by atoms with Gasteiger partial charge in [-0.25, -0.2) is 8.42 Å². The molecule has 0 radical (unpaired) electrons. The number of pyridine rings is 1. The SMILES string of the molecule is CCCC(CCS(=O)(=O)c1ccc(-c2cn(C(F)(F)F)cc(-c3ccccc3)c2=S)cc1)OCC. The van der Waals surface area contributed by atoms with E-state index in [9.17, 15) is 21.6 Å². The van der Waals surface area contributed by atoms with Crippen molar-refractivity contribution in [1.29, 1.82) is 0 Å².